The van der Waals surface area contributed by atoms with Crippen molar-refractivity contribution in [2.45, 2.75) is 0 Å². The standard InChI is InChI=1S/C14H8ClNO2S/c15-12-6-5-8(19-12)7-11-9-3-1-2-4-10(9)13(17)16-14(11)18/h1-7H,(H,16,17,18)/b11-7-. The average Bonchev–Trinajstić information content (AvgIpc) is 2.80. The van der Waals surface area contributed by atoms with Gasteiger partial charge in [-0.15, -0.1) is 11.3 Å². The van der Waals surface area contributed by atoms with Crippen molar-refractivity contribution in [1.82, 2.24) is 5.32 Å². The molecule has 1 aliphatic heterocycles. The Hall–Kier alpha value is -1.91. The van der Waals surface area contributed by atoms with Gasteiger partial charge in [-0.1, -0.05) is 29.8 Å². The number of thiophene rings is 1. The highest BCUT2D eigenvalue weighted by Gasteiger charge is 2.26. The predicted molar refractivity (Wildman–Crippen MR) is 76.1 cm³/mol. The van der Waals surface area contributed by atoms with Crippen LogP contribution in [-0.4, -0.2) is 11.8 Å². The van der Waals surface area contributed by atoms with Gasteiger partial charge in [0.25, 0.3) is 11.8 Å². The fraction of sp³-hybridized carbons (Fsp3) is 0. The van der Waals surface area contributed by atoms with Crippen LogP contribution in [0.5, 0.6) is 0 Å². The molecule has 0 fully saturated rings. The van der Waals surface area contributed by atoms with Crippen LogP contribution in [0.3, 0.4) is 0 Å². The summed E-state index contributed by atoms with van der Waals surface area (Å²) in [5, 5.41) is 2.34. The van der Waals surface area contributed by atoms with Gasteiger partial charge < -0.3 is 0 Å². The minimum Gasteiger partial charge on any atom is -0.288 e. The molecular formula is C14H8ClNO2S. The van der Waals surface area contributed by atoms with Crippen LogP contribution in [0.4, 0.5) is 0 Å². The fourth-order valence-electron chi connectivity index (χ4n) is 1.97. The molecule has 0 aliphatic carbocycles. The second kappa shape index (κ2) is 4.64. The molecule has 0 bridgehead atoms. The first-order chi connectivity index (χ1) is 9.15. The molecule has 19 heavy (non-hydrogen) atoms. The summed E-state index contributed by atoms with van der Waals surface area (Å²) >= 11 is 7.26. The summed E-state index contributed by atoms with van der Waals surface area (Å²) in [5.41, 5.74) is 1.64. The Morgan fingerprint density at radius 3 is 2.42 bits per heavy atom. The number of nitrogens with one attached hydrogen (secondary N) is 1. The summed E-state index contributed by atoms with van der Waals surface area (Å²) < 4.78 is 0.660. The summed E-state index contributed by atoms with van der Waals surface area (Å²) in [5.74, 6) is -0.741. The van der Waals surface area contributed by atoms with E-state index < -0.39 is 0 Å². The third-order valence-corrected chi connectivity index (χ3v) is 3.99. The van der Waals surface area contributed by atoms with Crippen LogP contribution in [0.1, 0.15) is 20.8 Å². The van der Waals surface area contributed by atoms with Crippen molar-refractivity contribution in [3.05, 3.63) is 56.7 Å². The first-order valence-corrected chi connectivity index (χ1v) is 6.77. The largest absolute Gasteiger partial charge is 0.288 e. The number of amides is 2. The summed E-state index contributed by atoms with van der Waals surface area (Å²) in [7, 11) is 0. The molecule has 0 radical (unpaired) electrons. The average molecular weight is 290 g/mol. The highest BCUT2D eigenvalue weighted by Crippen LogP contribution is 2.29. The number of benzene rings is 1. The van der Waals surface area contributed by atoms with Crippen LogP contribution in [0.15, 0.2) is 36.4 Å². The first-order valence-electron chi connectivity index (χ1n) is 5.57. The van der Waals surface area contributed by atoms with E-state index >= 15 is 0 Å². The number of fused-ring (bicyclic) bond motifs is 1. The van der Waals surface area contributed by atoms with Crippen LogP contribution in [0.25, 0.3) is 11.6 Å². The lowest BCUT2D eigenvalue weighted by molar-refractivity contribution is -0.114. The lowest BCUT2D eigenvalue weighted by atomic mass is 9.94. The molecule has 0 unspecified atom stereocenters. The minimum atomic E-state index is -0.381. The van der Waals surface area contributed by atoms with Crippen LogP contribution < -0.4 is 5.32 Å². The number of hydrogen-bond donors (Lipinski definition) is 1. The fourth-order valence-corrected chi connectivity index (χ4v) is 2.97. The van der Waals surface area contributed by atoms with E-state index in [0.717, 1.165) is 4.88 Å². The zero-order chi connectivity index (χ0) is 13.4. The van der Waals surface area contributed by atoms with E-state index in [4.69, 9.17) is 11.6 Å². The molecular weight excluding hydrogens is 282 g/mol. The Morgan fingerprint density at radius 2 is 1.74 bits per heavy atom. The maximum absolute atomic E-state index is 12.0. The van der Waals surface area contributed by atoms with E-state index in [-0.39, 0.29) is 11.8 Å². The SMILES string of the molecule is O=C1NC(=O)c2ccccc2/C1=C/c1ccc(Cl)s1. The molecule has 2 amide bonds. The molecule has 0 spiro atoms. The smallest absolute Gasteiger partial charge is 0.258 e. The molecule has 0 atom stereocenters. The second-order valence-corrected chi connectivity index (χ2v) is 5.78. The second-order valence-electron chi connectivity index (χ2n) is 4.03. The highest BCUT2D eigenvalue weighted by molar-refractivity contribution is 7.17. The molecule has 1 N–H and O–H groups in total. The van der Waals surface area contributed by atoms with Gasteiger partial charge in [-0.25, -0.2) is 0 Å². The summed E-state index contributed by atoms with van der Waals surface area (Å²) in [6, 6.07) is 10.7. The number of carbonyl (C=O) groups excluding carboxylic acids is 2. The normalized spacial score (nSPS) is 16.4. The maximum atomic E-state index is 12.0. The molecule has 1 aromatic heterocycles. The number of hydrogen-bond acceptors (Lipinski definition) is 3. The Bertz CT molecular complexity index is 718. The van der Waals surface area contributed by atoms with Gasteiger partial charge in [-0.2, -0.15) is 0 Å². The Morgan fingerprint density at radius 1 is 1.00 bits per heavy atom. The van der Waals surface area contributed by atoms with Gasteiger partial charge in [0.15, 0.2) is 0 Å². The molecule has 3 nitrogen and oxygen atoms in total. The van der Waals surface area contributed by atoms with E-state index in [1.807, 2.05) is 6.07 Å². The van der Waals surface area contributed by atoms with Crippen molar-refractivity contribution < 1.29 is 9.59 Å². The minimum absolute atomic E-state index is 0.359. The van der Waals surface area contributed by atoms with E-state index in [2.05, 4.69) is 5.32 Å². The van der Waals surface area contributed by atoms with Gasteiger partial charge in [0.05, 0.1) is 4.34 Å². The first kappa shape index (κ1) is 12.1. The van der Waals surface area contributed by atoms with E-state index in [1.165, 1.54) is 11.3 Å². The van der Waals surface area contributed by atoms with E-state index in [1.54, 1.807) is 36.4 Å². The van der Waals surface area contributed by atoms with Crippen molar-refractivity contribution in [1.29, 1.82) is 0 Å². The molecule has 2 heterocycles. The quantitative estimate of drug-likeness (QED) is 0.647. The third-order valence-electron chi connectivity index (χ3n) is 2.81. The van der Waals surface area contributed by atoms with Crippen LogP contribution in [0.2, 0.25) is 4.34 Å². The van der Waals surface area contributed by atoms with Gasteiger partial charge in [0, 0.05) is 16.0 Å². The molecule has 2 aromatic rings. The van der Waals surface area contributed by atoms with Gasteiger partial charge in [-0.05, 0) is 29.8 Å². The van der Waals surface area contributed by atoms with Crippen LogP contribution in [0, 0.1) is 0 Å². The van der Waals surface area contributed by atoms with Gasteiger partial charge in [-0.3, -0.25) is 14.9 Å². The zero-order valence-electron chi connectivity index (χ0n) is 9.64. The third kappa shape index (κ3) is 2.20. The van der Waals surface area contributed by atoms with Crippen molar-refractivity contribution in [3.63, 3.8) is 0 Å². The summed E-state index contributed by atoms with van der Waals surface area (Å²) in [6.07, 6.45) is 1.75. The van der Waals surface area contributed by atoms with Crippen molar-refractivity contribution in [2.75, 3.05) is 0 Å². The molecule has 1 aromatic carbocycles. The van der Waals surface area contributed by atoms with Gasteiger partial charge in [0.1, 0.15) is 0 Å². The lowest BCUT2D eigenvalue weighted by Gasteiger charge is -2.17. The highest BCUT2D eigenvalue weighted by atomic mass is 35.5. The summed E-state index contributed by atoms with van der Waals surface area (Å²) in [6.45, 7) is 0. The topological polar surface area (TPSA) is 46.2 Å². The summed E-state index contributed by atoms with van der Waals surface area (Å²) in [4.78, 5) is 24.5. The number of rotatable bonds is 1. The number of carbonyl (C=O) groups is 2. The molecule has 1 aliphatic rings. The van der Waals surface area contributed by atoms with Gasteiger partial charge >= 0.3 is 0 Å². The molecule has 5 heteroatoms. The molecule has 3 rings (SSSR count). The van der Waals surface area contributed by atoms with E-state index in [9.17, 15) is 9.59 Å². The molecule has 94 valence electrons. The Labute approximate surface area is 118 Å². The van der Waals surface area contributed by atoms with Crippen molar-refractivity contribution in [2.24, 2.45) is 0 Å². The van der Waals surface area contributed by atoms with E-state index in [0.29, 0.717) is 21.0 Å². The zero-order valence-corrected chi connectivity index (χ0v) is 11.2. The van der Waals surface area contributed by atoms with Crippen LogP contribution >= 0.6 is 22.9 Å². The Kier molecular flexibility index (Phi) is 2.97. The van der Waals surface area contributed by atoms with Crippen molar-refractivity contribution >= 4 is 46.4 Å². The Balaban J connectivity index is 2.15. The number of imide groups is 1. The van der Waals surface area contributed by atoms with Gasteiger partial charge in [0.2, 0.25) is 0 Å². The lowest BCUT2D eigenvalue weighted by Crippen LogP contribution is -2.36. The molecule has 0 saturated carbocycles. The maximum Gasteiger partial charge on any atom is 0.258 e. The number of halogens is 1. The predicted octanol–water partition coefficient (Wildman–Crippen LogP) is 3.21. The monoisotopic (exact) mass is 289 g/mol. The van der Waals surface area contributed by atoms with Crippen molar-refractivity contribution in [3.8, 4) is 0 Å². The van der Waals surface area contributed by atoms with Crippen LogP contribution in [-0.2, 0) is 4.79 Å². The molecule has 0 saturated heterocycles.